The maximum atomic E-state index is 11.5. The van der Waals surface area contributed by atoms with E-state index in [2.05, 4.69) is 5.32 Å². The first-order chi connectivity index (χ1) is 8.82. The van der Waals surface area contributed by atoms with Gasteiger partial charge in [0.25, 0.3) is 16.0 Å². The van der Waals surface area contributed by atoms with Crippen molar-refractivity contribution >= 4 is 26.8 Å². The fraction of sp³-hybridized carbons (Fsp3) is 0.0833. The maximum absolute atomic E-state index is 11.5. The molecule has 0 aliphatic heterocycles. The molecule has 0 atom stereocenters. The number of nitrogens with one attached hydrogen (secondary N) is 1. The quantitative estimate of drug-likeness (QED) is 0.716. The van der Waals surface area contributed by atoms with Crippen LogP contribution < -0.4 is 5.32 Å². The van der Waals surface area contributed by atoms with Gasteiger partial charge in [-0.3, -0.25) is 9.35 Å². The lowest BCUT2D eigenvalue weighted by Gasteiger charge is -2.06. The number of aromatic hydroxyl groups is 1. The Morgan fingerprint density at radius 1 is 1.21 bits per heavy atom. The number of benzene rings is 2. The molecular formula is C12H11NO5S. The Labute approximate surface area is 109 Å². The normalized spacial score (nSPS) is 11.5. The summed E-state index contributed by atoms with van der Waals surface area (Å²) < 4.78 is 31.1. The van der Waals surface area contributed by atoms with Crippen molar-refractivity contribution in [3.63, 3.8) is 0 Å². The molecule has 0 heterocycles. The maximum Gasteiger partial charge on any atom is 0.294 e. The zero-order valence-corrected chi connectivity index (χ0v) is 10.7. The van der Waals surface area contributed by atoms with Crippen LogP contribution in [0.3, 0.4) is 0 Å². The largest absolute Gasteiger partial charge is 0.507 e. The third kappa shape index (κ3) is 2.51. The Hall–Kier alpha value is -2.12. The summed E-state index contributed by atoms with van der Waals surface area (Å²) in [5.74, 6) is -0.618. The summed E-state index contributed by atoms with van der Waals surface area (Å²) in [6, 6.07) is 6.59. The molecule has 0 saturated heterocycles. The fourth-order valence-electron chi connectivity index (χ4n) is 1.76. The van der Waals surface area contributed by atoms with Crippen molar-refractivity contribution in [1.82, 2.24) is 5.32 Å². The van der Waals surface area contributed by atoms with Gasteiger partial charge in [0.1, 0.15) is 5.75 Å². The van der Waals surface area contributed by atoms with E-state index in [-0.39, 0.29) is 11.7 Å². The number of carbonyl (C=O) groups is 1. The van der Waals surface area contributed by atoms with E-state index in [0.29, 0.717) is 16.3 Å². The van der Waals surface area contributed by atoms with E-state index in [4.69, 9.17) is 4.55 Å². The van der Waals surface area contributed by atoms with Crippen LogP contribution in [0.15, 0.2) is 35.2 Å². The topological polar surface area (TPSA) is 104 Å². The molecule has 7 heteroatoms. The molecule has 3 N–H and O–H groups in total. The first-order valence-electron chi connectivity index (χ1n) is 5.29. The van der Waals surface area contributed by atoms with E-state index >= 15 is 0 Å². The van der Waals surface area contributed by atoms with Crippen LogP contribution in [0.1, 0.15) is 10.4 Å². The Morgan fingerprint density at radius 2 is 1.89 bits per heavy atom. The van der Waals surface area contributed by atoms with E-state index in [1.54, 1.807) is 0 Å². The molecule has 100 valence electrons. The first-order valence-corrected chi connectivity index (χ1v) is 6.73. The van der Waals surface area contributed by atoms with Crippen molar-refractivity contribution in [2.75, 3.05) is 7.05 Å². The molecule has 2 aromatic rings. The molecule has 0 spiro atoms. The first kappa shape index (κ1) is 13.3. The zero-order valence-electron chi connectivity index (χ0n) is 9.91. The fourth-order valence-corrected chi connectivity index (χ4v) is 2.29. The molecule has 6 nitrogen and oxygen atoms in total. The second-order valence-electron chi connectivity index (χ2n) is 3.93. The van der Waals surface area contributed by atoms with Crippen LogP contribution in [0, 0.1) is 0 Å². The summed E-state index contributed by atoms with van der Waals surface area (Å²) >= 11 is 0. The number of phenolic OH excluding ortho intramolecular Hbond substituents is 1. The minimum Gasteiger partial charge on any atom is -0.507 e. The average Bonchev–Trinajstić information content (AvgIpc) is 2.36. The van der Waals surface area contributed by atoms with Crippen molar-refractivity contribution in [2.45, 2.75) is 4.90 Å². The van der Waals surface area contributed by atoms with Crippen LogP contribution >= 0.6 is 0 Å². The van der Waals surface area contributed by atoms with Gasteiger partial charge < -0.3 is 10.4 Å². The SMILES string of the molecule is CNC(=O)c1ccc2c(O)cc(S(=O)(=O)O)cc2c1. The molecule has 0 bridgehead atoms. The molecular weight excluding hydrogens is 270 g/mol. The van der Waals surface area contributed by atoms with Gasteiger partial charge in [-0.05, 0) is 29.7 Å². The van der Waals surface area contributed by atoms with Crippen molar-refractivity contribution < 1.29 is 22.9 Å². The van der Waals surface area contributed by atoms with E-state index in [0.717, 1.165) is 6.07 Å². The van der Waals surface area contributed by atoms with Crippen LogP contribution in [-0.2, 0) is 10.1 Å². The second kappa shape index (κ2) is 4.52. The number of amides is 1. The highest BCUT2D eigenvalue weighted by Crippen LogP contribution is 2.29. The van der Waals surface area contributed by atoms with Gasteiger partial charge in [-0.25, -0.2) is 0 Å². The van der Waals surface area contributed by atoms with Crippen LogP contribution in [-0.4, -0.2) is 31.0 Å². The third-order valence-electron chi connectivity index (χ3n) is 2.69. The molecule has 0 fully saturated rings. The van der Waals surface area contributed by atoms with E-state index < -0.39 is 15.0 Å². The summed E-state index contributed by atoms with van der Waals surface area (Å²) in [6.07, 6.45) is 0. The predicted octanol–water partition coefficient (Wildman–Crippen LogP) is 1.15. The monoisotopic (exact) mass is 281 g/mol. The molecule has 0 saturated carbocycles. The minimum atomic E-state index is -4.42. The van der Waals surface area contributed by atoms with Gasteiger partial charge in [0.15, 0.2) is 0 Å². The molecule has 0 aliphatic carbocycles. The summed E-state index contributed by atoms with van der Waals surface area (Å²) in [4.78, 5) is 11.1. The highest BCUT2D eigenvalue weighted by Gasteiger charge is 2.14. The van der Waals surface area contributed by atoms with Gasteiger partial charge in [-0.15, -0.1) is 0 Å². The van der Waals surface area contributed by atoms with Crippen LogP contribution in [0.25, 0.3) is 10.8 Å². The van der Waals surface area contributed by atoms with Crippen LogP contribution in [0.5, 0.6) is 5.75 Å². The molecule has 0 aliphatic rings. The van der Waals surface area contributed by atoms with E-state index in [9.17, 15) is 18.3 Å². The van der Waals surface area contributed by atoms with Crippen LogP contribution in [0.2, 0.25) is 0 Å². The summed E-state index contributed by atoms with van der Waals surface area (Å²) in [6.45, 7) is 0. The predicted molar refractivity (Wildman–Crippen MR) is 68.8 cm³/mol. The van der Waals surface area contributed by atoms with Crippen molar-refractivity contribution in [3.05, 3.63) is 35.9 Å². The Kier molecular flexibility index (Phi) is 3.17. The minimum absolute atomic E-state index is 0.284. The molecule has 0 radical (unpaired) electrons. The number of hydrogen-bond donors (Lipinski definition) is 3. The Morgan fingerprint density at radius 3 is 2.47 bits per heavy atom. The molecule has 19 heavy (non-hydrogen) atoms. The highest BCUT2D eigenvalue weighted by molar-refractivity contribution is 7.85. The summed E-state index contributed by atoms with van der Waals surface area (Å²) in [5, 5.41) is 12.9. The van der Waals surface area contributed by atoms with Crippen molar-refractivity contribution in [1.29, 1.82) is 0 Å². The molecule has 0 aromatic heterocycles. The van der Waals surface area contributed by atoms with Gasteiger partial charge in [0.2, 0.25) is 0 Å². The average molecular weight is 281 g/mol. The van der Waals surface area contributed by atoms with Gasteiger partial charge in [0.05, 0.1) is 4.90 Å². The number of fused-ring (bicyclic) bond motifs is 1. The molecule has 1 amide bonds. The third-order valence-corrected chi connectivity index (χ3v) is 3.52. The highest BCUT2D eigenvalue weighted by atomic mass is 32.2. The smallest absolute Gasteiger partial charge is 0.294 e. The van der Waals surface area contributed by atoms with Crippen molar-refractivity contribution in [3.8, 4) is 5.75 Å². The number of carbonyl (C=O) groups excluding carboxylic acids is 1. The summed E-state index contributed by atoms with van der Waals surface area (Å²) in [5.41, 5.74) is 0.321. The molecule has 2 aromatic carbocycles. The zero-order chi connectivity index (χ0) is 14.2. The van der Waals surface area contributed by atoms with E-state index in [1.807, 2.05) is 0 Å². The lowest BCUT2D eigenvalue weighted by molar-refractivity contribution is 0.0963. The Balaban J connectivity index is 2.74. The number of hydrogen-bond acceptors (Lipinski definition) is 4. The number of rotatable bonds is 2. The lowest BCUT2D eigenvalue weighted by atomic mass is 10.1. The standard InChI is InChI=1S/C12H11NO5S/c1-13-12(15)7-2-3-10-8(4-7)5-9(6-11(10)14)19(16,17)18/h2-6,14H,1H3,(H,13,15)(H,16,17,18). The van der Waals surface area contributed by atoms with Gasteiger partial charge >= 0.3 is 0 Å². The number of phenols is 1. The van der Waals surface area contributed by atoms with Crippen molar-refractivity contribution in [2.24, 2.45) is 0 Å². The van der Waals surface area contributed by atoms with Gasteiger partial charge in [-0.2, -0.15) is 8.42 Å². The Bertz CT molecular complexity index is 767. The summed E-state index contributed by atoms with van der Waals surface area (Å²) in [7, 11) is -2.95. The van der Waals surface area contributed by atoms with Gasteiger partial charge in [-0.1, -0.05) is 0 Å². The lowest BCUT2D eigenvalue weighted by Crippen LogP contribution is -2.17. The van der Waals surface area contributed by atoms with Gasteiger partial charge in [0, 0.05) is 24.1 Å². The van der Waals surface area contributed by atoms with Crippen LogP contribution in [0.4, 0.5) is 0 Å². The van der Waals surface area contributed by atoms with E-state index in [1.165, 1.54) is 31.3 Å². The molecule has 0 unspecified atom stereocenters. The molecule has 2 rings (SSSR count). The second-order valence-corrected chi connectivity index (χ2v) is 5.35.